The number of hydrogen-bond donors (Lipinski definition) is 1. The lowest BCUT2D eigenvalue weighted by Gasteiger charge is -2.17. The smallest absolute Gasteiger partial charge is 0.233 e. The third-order valence-corrected chi connectivity index (χ3v) is 4.49. The maximum absolute atomic E-state index is 12.4. The van der Waals surface area contributed by atoms with E-state index in [4.69, 9.17) is 0 Å². The number of aromatic nitrogens is 1. The standard InChI is InChI=1S/C16H21N3O2/c1-3-17-14-5-4-11(8-18-14)9-19-15(20)12-6-10(2)7-13(12)16(19)21/h4-5,8,10,12-13H,3,6-7,9H2,1-2H3,(H,17,18). The molecule has 1 N–H and O–H groups in total. The first kappa shape index (κ1) is 14.0. The van der Waals surface area contributed by atoms with Gasteiger partial charge in [-0.15, -0.1) is 0 Å². The van der Waals surface area contributed by atoms with Crippen LogP contribution >= 0.6 is 0 Å². The van der Waals surface area contributed by atoms with Gasteiger partial charge in [-0.25, -0.2) is 4.98 Å². The zero-order chi connectivity index (χ0) is 15.0. The van der Waals surface area contributed by atoms with Gasteiger partial charge < -0.3 is 5.32 Å². The zero-order valence-electron chi connectivity index (χ0n) is 12.5. The van der Waals surface area contributed by atoms with Crippen molar-refractivity contribution in [3.05, 3.63) is 23.9 Å². The number of pyridine rings is 1. The van der Waals surface area contributed by atoms with Gasteiger partial charge in [0.15, 0.2) is 0 Å². The summed E-state index contributed by atoms with van der Waals surface area (Å²) in [6.07, 6.45) is 3.43. The van der Waals surface area contributed by atoms with Gasteiger partial charge in [0.05, 0.1) is 18.4 Å². The summed E-state index contributed by atoms with van der Waals surface area (Å²) in [5.41, 5.74) is 0.895. The van der Waals surface area contributed by atoms with E-state index in [1.165, 1.54) is 4.90 Å². The number of nitrogens with zero attached hydrogens (tertiary/aromatic N) is 2. The van der Waals surface area contributed by atoms with Gasteiger partial charge in [-0.1, -0.05) is 13.0 Å². The monoisotopic (exact) mass is 287 g/mol. The van der Waals surface area contributed by atoms with Crippen LogP contribution in [0.2, 0.25) is 0 Å². The summed E-state index contributed by atoms with van der Waals surface area (Å²) in [5, 5.41) is 3.12. The van der Waals surface area contributed by atoms with Gasteiger partial charge in [-0.05, 0) is 37.3 Å². The van der Waals surface area contributed by atoms with Crippen LogP contribution in [0.1, 0.15) is 32.3 Å². The number of amides is 2. The number of fused-ring (bicyclic) bond motifs is 1. The predicted octanol–water partition coefficient (Wildman–Crippen LogP) is 2.04. The molecular formula is C16H21N3O2. The third-order valence-electron chi connectivity index (χ3n) is 4.49. The van der Waals surface area contributed by atoms with E-state index in [0.29, 0.717) is 12.5 Å². The number of anilines is 1. The van der Waals surface area contributed by atoms with E-state index < -0.39 is 0 Å². The molecule has 1 aliphatic carbocycles. The first-order valence-corrected chi connectivity index (χ1v) is 7.64. The molecule has 0 aromatic carbocycles. The Morgan fingerprint density at radius 1 is 1.24 bits per heavy atom. The molecule has 2 atom stereocenters. The third kappa shape index (κ3) is 2.52. The fraction of sp³-hybridized carbons (Fsp3) is 0.562. The average molecular weight is 287 g/mol. The quantitative estimate of drug-likeness (QED) is 0.861. The molecule has 2 amide bonds. The molecule has 2 heterocycles. The van der Waals surface area contributed by atoms with Crippen molar-refractivity contribution >= 4 is 17.6 Å². The lowest BCUT2D eigenvalue weighted by atomic mass is 10.00. The number of hydrogen-bond acceptors (Lipinski definition) is 4. The maximum Gasteiger partial charge on any atom is 0.233 e. The van der Waals surface area contributed by atoms with E-state index in [0.717, 1.165) is 30.8 Å². The van der Waals surface area contributed by atoms with E-state index in [9.17, 15) is 9.59 Å². The van der Waals surface area contributed by atoms with Crippen molar-refractivity contribution in [1.29, 1.82) is 0 Å². The van der Waals surface area contributed by atoms with E-state index in [2.05, 4.69) is 17.2 Å². The van der Waals surface area contributed by atoms with Crippen LogP contribution in [0.25, 0.3) is 0 Å². The Morgan fingerprint density at radius 3 is 2.43 bits per heavy atom. The summed E-state index contributed by atoms with van der Waals surface area (Å²) in [5.74, 6) is 1.14. The molecule has 21 heavy (non-hydrogen) atoms. The Bertz CT molecular complexity index is 531. The van der Waals surface area contributed by atoms with Crippen LogP contribution in [-0.2, 0) is 16.1 Å². The summed E-state index contributed by atoms with van der Waals surface area (Å²) in [7, 11) is 0. The highest BCUT2D eigenvalue weighted by Crippen LogP contribution is 2.43. The van der Waals surface area contributed by atoms with E-state index in [-0.39, 0.29) is 23.7 Å². The van der Waals surface area contributed by atoms with Crippen LogP contribution in [0, 0.1) is 17.8 Å². The molecule has 2 fully saturated rings. The Morgan fingerprint density at radius 2 is 1.90 bits per heavy atom. The lowest BCUT2D eigenvalue weighted by molar-refractivity contribution is -0.141. The molecule has 0 radical (unpaired) electrons. The highest BCUT2D eigenvalue weighted by Gasteiger charge is 2.51. The number of nitrogens with one attached hydrogen (secondary N) is 1. The van der Waals surface area contributed by atoms with Crippen LogP contribution in [0.4, 0.5) is 5.82 Å². The van der Waals surface area contributed by atoms with E-state index in [1.807, 2.05) is 19.1 Å². The minimum atomic E-state index is -0.0820. The molecule has 5 heteroatoms. The summed E-state index contributed by atoms with van der Waals surface area (Å²) in [6.45, 7) is 5.29. The molecule has 1 saturated heterocycles. The number of carbonyl (C=O) groups excluding carboxylic acids is 2. The first-order valence-electron chi connectivity index (χ1n) is 7.64. The maximum atomic E-state index is 12.4. The molecule has 1 saturated carbocycles. The number of likely N-dealkylation sites (tertiary alicyclic amines) is 1. The first-order chi connectivity index (χ1) is 10.1. The molecule has 5 nitrogen and oxygen atoms in total. The molecular weight excluding hydrogens is 266 g/mol. The van der Waals surface area contributed by atoms with Crippen molar-refractivity contribution in [1.82, 2.24) is 9.88 Å². The molecule has 1 aromatic rings. The number of carbonyl (C=O) groups is 2. The SMILES string of the molecule is CCNc1ccc(CN2C(=O)C3CC(C)CC3C2=O)cn1. The van der Waals surface area contributed by atoms with Gasteiger partial charge in [0.2, 0.25) is 11.8 Å². The minimum Gasteiger partial charge on any atom is -0.370 e. The van der Waals surface area contributed by atoms with Gasteiger partial charge in [0.25, 0.3) is 0 Å². The fourth-order valence-electron chi connectivity index (χ4n) is 3.49. The Hall–Kier alpha value is -1.91. The predicted molar refractivity (Wildman–Crippen MR) is 79.3 cm³/mol. The summed E-state index contributed by atoms with van der Waals surface area (Å²) in [4.78, 5) is 30.5. The van der Waals surface area contributed by atoms with Gasteiger partial charge in [-0.3, -0.25) is 14.5 Å². The zero-order valence-corrected chi connectivity index (χ0v) is 12.5. The number of imide groups is 1. The van der Waals surface area contributed by atoms with Crippen LogP contribution in [0.5, 0.6) is 0 Å². The second-order valence-electron chi connectivity index (χ2n) is 6.13. The van der Waals surface area contributed by atoms with Crippen LogP contribution in [0.15, 0.2) is 18.3 Å². The molecule has 2 aliphatic rings. The number of rotatable bonds is 4. The fourth-order valence-corrected chi connectivity index (χ4v) is 3.49. The topological polar surface area (TPSA) is 62.3 Å². The minimum absolute atomic E-state index is 0.00473. The van der Waals surface area contributed by atoms with Gasteiger partial charge in [0.1, 0.15) is 5.82 Å². The van der Waals surface area contributed by atoms with Gasteiger partial charge in [-0.2, -0.15) is 0 Å². The molecule has 1 aromatic heterocycles. The van der Waals surface area contributed by atoms with Crippen molar-refractivity contribution < 1.29 is 9.59 Å². The molecule has 112 valence electrons. The largest absolute Gasteiger partial charge is 0.370 e. The van der Waals surface area contributed by atoms with Crippen LogP contribution in [0.3, 0.4) is 0 Å². The Kier molecular flexibility index (Phi) is 3.66. The summed E-state index contributed by atoms with van der Waals surface area (Å²) in [6, 6.07) is 3.80. The normalized spacial score (nSPS) is 28.1. The lowest BCUT2D eigenvalue weighted by Crippen LogP contribution is -2.31. The van der Waals surface area contributed by atoms with Crippen molar-refractivity contribution in [2.75, 3.05) is 11.9 Å². The molecule has 1 aliphatic heterocycles. The molecule has 2 unspecified atom stereocenters. The molecule has 3 rings (SSSR count). The van der Waals surface area contributed by atoms with Crippen LogP contribution < -0.4 is 5.32 Å². The molecule has 0 spiro atoms. The summed E-state index contributed by atoms with van der Waals surface area (Å²) < 4.78 is 0. The second kappa shape index (κ2) is 5.47. The molecule has 0 bridgehead atoms. The van der Waals surface area contributed by atoms with Crippen molar-refractivity contribution in [2.24, 2.45) is 17.8 Å². The highest BCUT2D eigenvalue weighted by molar-refractivity contribution is 6.05. The second-order valence-corrected chi connectivity index (χ2v) is 6.13. The van der Waals surface area contributed by atoms with Gasteiger partial charge in [0, 0.05) is 12.7 Å². The Balaban J connectivity index is 1.71. The Labute approximate surface area is 124 Å². The van der Waals surface area contributed by atoms with Gasteiger partial charge >= 0.3 is 0 Å². The van der Waals surface area contributed by atoms with Crippen molar-refractivity contribution in [2.45, 2.75) is 33.2 Å². The highest BCUT2D eigenvalue weighted by atomic mass is 16.2. The van der Waals surface area contributed by atoms with Crippen LogP contribution in [-0.4, -0.2) is 28.2 Å². The summed E-state index contributed by atoms with van der Waals surface area (Å²) >= 11 is 0. The van der Waals surface area contributed by atoms with E-state index >= 15 is 0 Å². The van der Waals surface area contributed by atoms with E-state index in [1.54, 1.807) is 6.20 Å². The van der Waals surface area contributed by atoms with Crippen molar-refractivity contribution in [3.63, 3.8) is 0 Å². The average Bonchev–Trinajstić information content (AvgIpc) is 2.95. The van der Waals surface area contributed by atoms with Crippen molar-refractivity contribution in [3.8, 4) is 0 Å².